The van der Waals surface area contributed by atoms with E-state index in [9.17, 15) is 9.59 Å². The van der Waals surface area contributed by atoms with Crippen molar-refractivity contribution in [2.75, 3.05) is 13.7 Å². The molecule has 10 heteroatoms. The quantitative estimate of drug-likeness (QED) is 0.532. The maximum absolute atomic E-state index is 13.8. The molecule has 1 saturated carbocycles. The first-order valence-electron chi connectivity index (χ1n) is 14.3. The Labute approximate surface area is 231 Å². The molecule has 2 aromatic rings. The zero-order valence-electron chi connectivity index (χ0n) is 23.8. The van der Waals surface area contributed by atoms with Crippen LogP contribution in [0.15, 0.2) is 30.5 Å². The molecule has 39 heavy (non-hydrogen) atoms. The highest BCUT2D eigenvalue weighted by atomic mass is 16.7. The fourth-order valence-corrected chi connectivity index (χ4v) is 5.97. The van der Waals surface area contributed by atoms with Crippen LogP contribution in [0.1, 0.15) is 84.5 Å². The van der Waals surface area contributed by atoms with E-state index in [1.165, 1.54) is 13.5 Å². The highest BCUT2D eigenvalue weighted by molar-refractivity contribution is 6.62. The van der Waals surface area contributed by atoms with E-state index < -0.39 is 19.3 Å². The largest absolute Gasteiger partial charge is 0.494 e. The van der Waals surface area contributed by atoms with Gasteiger partial charge < -0.3 is 29.2 Å². The summed E-state index contributed by atoms with van der Waals surface area (Å²) in [4.78, 5) is 36.0. The number of H-pyrrole nitrogens is 1. The fourth-order valence-electron chi connectivity index (χ4n) is 5.97. The van der Waals surface area contributed by atoms with E-state index in [-0.39, 0.29) is 29.1 Å². The summed E-state index contributed by atoms with van der Waals surface area (Å²) in [7, 11) is 0.926. The molecule has 0 bridgehead atoms. The first-order chi connectivity index (χ1) is 18.6. The molecule has 210 valence electrons. The van der Waals surface area contributed by atoms with Crippen LogP contribution < -0.4 is 10.8 Å². The third-order valence-electron chi connectivity index (χ3n) is 9.03. The van der Waals surface area contributed by atoms with Gasteiger partial charge in [0.15, 0.2) is 0 Å². The van der Waals surface area contributed by atoms with Crippen LogP contribution in [-0.2, 0) is 18.8 Å². The van der Waals surface area contributed by atoms with Gasteiger partial charge in [-0.25, -0.2) is 9.78 Å². The Kier molecular flexibility index (Phi) is 7.79. The number of imidazole rings is 1. The highest BCUT2D eigenvalue weighted by Gasteiger charge is 2.51. The van der Waals surface area contributed by atoms with Crippen LogP contribution in [0.4, 0.5) is 4.79 Å². The minimum Gasteiger partial charge on any atom is -0.453 e. The molecular weight excluding hydrogens is 495 g/mol. The lowest BCUT2D eigenvalue weighted by Crippen LogP contribution is -2.52. The first-order valence-corrected chi connectivity index (χ1v) is 14.3. The van der Waals surface area contributed by atoms with E-state index in [0.717, 1.165) is 61.1 Å². The van der Waals surface area contributed by atoms with Gasteiger partial charge in [0, 0.05) is 18.3 Å². The molecule has 3 heterocycles. The van der Waals surface area contributed by atoms with Crippen LogP contribution in [0.25, 0.3) is 11.3 Å². The summed E-state index contributed by atoms with van der Waals surface area (Å²) in [6.45, 7) is 8.84. The van der Waals surface area contributed by atoms with Crippen molar-refractivity contribution in [3.8, 4) is 11.3 Å². The van der Waals surface area contributed by atoms with Crippen molar-refractivity contribution in [2.24, 2.45) is 5.92 Å². The molecule has 0 unspecified atom stereocenters. The van der Waals surface area contributed by atoms with Crippen LogP contribution in [0, 0.1) is 5.92 Å². The molecule has 3 fully saturated rings. The van der Waals surface area contributed by atoms with E-state index in [0.29, 0.717) is 6.54 Å². The van der Waals surface area contributed by atoms with Gasteiger partial charge in [-0.1, -0.05) is 43.5 Å². The maximum atomic E-state index is 13.8. The van der Waals surface area contributed by atoms with Gasteiger partial charge in [-0.3, -0.25) is 4.79 Å². The average Bonchev–Trinajstić information content (AvgIpc) is 3.65. The number of carbonyl (C=O) groups is 2. The molecule has 0 spiro atoms. The van der Waals surface area contributed by atoms with Gasteiger partial charge in [-0.15, -0.1) is 0 Å². The van der Waals surface area contributed by atoms with Crippen molar-refractivity contribution in [3.63, 3.8) is 0 Å². The molecule has 1 aromatic carbocycles. The maximum Gasteiger partial charge on any atom is 0.494 e. The number of aromatic amines is 1. The molecule has 2 saturated heterocycles. The number of benzene rings is 1. The molecule has 1 aromatic heterocycles. The molecule has 5 rings (SSSR count). The van der Waals surface area contributed by atoms with Crippen LogP contribution in [-0.4, -0.2) is 64.9 Å². The molecular formula is C29H41BN4O5. The lowest BCUT2D eigenvalue weighted by atomic mass is 9.79. The number of aromatic nitrogens is 2. The predicted octanol–water partition coefficient (Wildman–Crippen LogP) is 4.34. The minimum absolute atomic E-state index is 0.0421. The van der Waals surface area contributed by atoms with Crippen LogP contribution in [0.5, 0.6) is 0 Å². The van der Waals surface area contributed by atoms with E-state index in [2.05, 4.69) is 10.3 Å². The molecule has 2 atom stereocenters. The van der Waals surface area contributed by atoms with Gasteiger partial charge >= 0.3 is 13.2 Å². The summed E-state index contributed by atoms with van der Waals surface area (Å²) in [5, 5.41) is 2.85. The summed E-state index contributed by atoms with van der Waals surface area (Å²) in [5.74, 6) is 0.854. The monoisotopic (exact) mass is 536 g/mol. The van der Waals surface area contributed by atoms with E-state index in [4.69, 9.17) is 19.0 Å². The molecule has 2 aliphatic heterocycles. The second-order valence-corrected chi connectivity index (χ2v) is 12.1. The summed E-state index contributed by atoms with van der Waals surface area (Å²) in [6.07, 6.45) is 8.27. The number of rotatable bonds is 6. The van der Waals surface area contributed by atoms with E-state index >= 15 is 0 Å². The number of carbonyl (C=O) groups excluding carboxylic acids is 2. The standard InChI is InChI=1S/C29H41BN4O5/c1-28(2)29(3,4)39-30(38-28)21-15-13-19(14-16-21)22-18-31-25(32-22)23-12-9-17-34(23)26(35)24(33-27(36)37-5)20-10-7-6-8-11-20/h13-16,18,20,23-24H,6-12,17H2,1-5H3,(H,31,32)(H,33,36)/t23-,24-/m0/s1. The number of hydrogen-bond acceptors (Lipinski definition) is 6. The van der Waals surface area contributed by atoms with Gasteiger partial charge in [0.05, 0.1) is 30.0 Å². The zero-order valence-corrected chi connectivity index (χ0v) is 23.8. The minimum atomic E-state index is -0.574. The summed E-state index contributed by atoms with van der Waals surface area (Å²) in [6, 6.07) is 7.36. The summed E-state index contributed by atoms with van der Waals surface area (Å²) < 4.78 is 17.2. The van der Waals surface area contributed by atoms with Crippen molar-refractivity contribution in [1.29, 1.82) is 0 Å². The van der Waals surface area contributed by atoms with E-state index in [1.54, 1.807) is 0 Å². The average molecular weight is 536 g/mol. The number of alkyl carbamates (subject to hydrolysis) is 1. The molecule has 9 nitrogen and oxygen atoms in total. The Morgan fingerprint density at radius 2 is 1.72 bits per heavy atom. The molecule has 3 aliphatic rings. The molecule has 2 N–H and O–H groups in total. The Bertz CT molecular complexity index is 1160. The lowest BCUT2D eigenvalue weighted by Gasteiger charge is -2.34. The number of methoxy groups -OCH3 is 1. The van der Waals surface area contributed by atoms with Crippen molar-refractivity contribution in [3.05, 3.63) is 36.3 Å². The van der Waals surface area contributed by atoms with Crippen molar-refractivity contribution >= 4 is 24.6 Å². The molecule has 2 amide bonds. The van der Waals surface area contributed by atoms with Gasteiger partial charge in [0.2, 0.25) is 5.91 Å². The Morgan fingerprint density at radius 3 is 2.36 bits per heavy atom. The number of hydrogen-bond donors (Lipinski definition) is 2. The van der Waals surface area contributed by atoms with E-state index in [1.807, 2.05) is 63.1 Å². The van der Waals surface area contributed by atoms with Gasteiger partial charge in [0.1, 0.15) is 11.9 Å². The third kappa shape index (κ3) is 5.59. The summed E-state index contributed by atoms with van der Waals surface area (Å²) in [5.41, 5.74) is 1.98. The highest BCUT2D eigenvalue weighted by Crippen LogP contribution is 2.37. The van der Waals surface area contributed by atoms with Crippen LogP contribution in [0.3, 0.4) is 0 Å². The Morgan fingerprint density at radius 1 is 1.05 bits per heavy atom. The molecule has 1 aliphatic carbocycles. The number of ether oxygens (including phenoxy) is 1. The van der Waals surface area contributed by atoms with Gasteiger partial charge in [-0.05, 0) is 64.8 Å². The number of nitrogens with zero attached hydrogens (tertiary/aromatic N) is 2. The number of likely N-dealkylation sites (tertiary alicyclic amines) is 1. The van der Waals surface area contributed by atoms with Crippen molar-refractivity contribution in [1.82, 2.24) is 20.2 Å². The third-order valence-corrected chi connectivity index (χ3v) is 9.03. The van der Waals surface area contributed by atoms with Crippen molar-refractivity contribution < 1.29 is 23.6 Å². The Balaban J connectivity index is 1.30. The van der Waals surface area contributed by atoms with Crippen LogP contribution in [0.2, 0.25) is 0 Å². The zero-order chi connectivity index (χ0) is 27.8. The SMILES string of the molecule is COC(=O)N[C@H](C(=O)N1CCC[C@H]1c1nc(-c2ccc(B3OC(C)(C)C(C)(C)O3)cc2)c[nH]1)C1CCCCC1. The summed E-state index contributed by atoms with van der Waals surface area (Å²) >= 11 is 0. The smallest absolute Gasteiger partial charge is 0.453 e. The molecule has 0 radical (unpaired) electrons. The number of nitrogens with one attached hydrogen (secondary N) is 2. The number of amides is 2. The second-order valence-electron chi connectivity index (χ2n) is 12.1. The Hall–Kier alpha value is -2.85. The second kappa shape index (κ2) is 11.0. The van der Waals surface area contributed by atoms with Crippen LogP contribution >= 0.6 is 0 Å². The van der Waals surface area contributed by atoms with Crippen molar-refractivity contribution in [2.45, 2.75) is 95.9 Å². The lowest BCUT2D eigenvalue weighted by molar-refractivity contribution is -0.136. The normalized spacial score (nSPS) is 23.6. The topological polar surface area (TPSA) is 106 Å². The fraction of sp³-hybridized carbons (Fsp3) is 0.621. The van der Waals surface area contributed by atoms with Gasteiger partial charge in [-0.2, -0.15) is 0 Å². The van der Waals surface area contributed by atoms with Gasteiger partial charge in [0.25, 0.3) is 0 Å². The first kappa shape index (κ1) is 27.7. The predicted molar refractivity (Wildman–Crippen MR) is 149 cm³/mol.